The van der Waals surface area contributed by atoms with Crippen molar-refractivity contribution < 1.29 is 8.42 Å². The Balaban J connectivity index is 3.02. The Labute approximate surface area is 96.9 Å². The highest BCUT2D eigenvalue weighted by Crippen LogP contribution is 2.17. The van der Waals surface area contributed by atoms with E-state index in [1.165, 1.54) is 0 Å². The largest absolute Gasteiger partial charge is 0.315 e. The lowest BCUT2D eigenvalue weighted by Crippen LogP contribution is -2.30. The summed E-state index contributed by atoms with van der Waals surface area (Å²) in [5.74, 6) is 0. The molecule has 1 aromatic carbocycles. The van der Waals surface area contributed by atoms with Gasteiger partial charge in [0, 0.05) is 0 Å². The van der Waals surface area contributed by atoms with Crippen LogP contribution >= 0.6 is 0 Å². The van der Waals surface area contributed by atoms with E-state index < -0.39 is 15.2 Å². The molecule has 0 heterocycles. The minimum Gasteiger partial charge on any atom is -0.315 e. The van der Waals surface area contributed by atoms with Crippen LogP contribution in [-0.2, 0) is 9.84 Å². The van der Waals surface area contributed by atoms with Crippen molar-refractivity contribution in [3.8, 4) is 0 Å². The molecule has 0 aliphatic heterocycles. The first-order valence-electron chi connectivity index (χ1n) is 5.04. The third-order valence-electron chi connectivity index (χ3n) is 2.30. The molecule has 0 saturated heterocycles. The Morgan fingerprint density at radius 3 is 2.31 bits per heavy atom. The van der Waals surface area contributed by atoms with E-state index in [0.29, 0.717) is 0 Å². The van der Waals surface area contributed by atoms with Gasteiger partial charge in [0.05, 0.1) is 4.90 Å². The van der Waals surface area contributed by atoms with Gasteiger partial charge < -0.3 is 5.73 Å². The molecule has 3 nitrogen and oxygen atoms in total. The van der Waals surface area contributed by atoms with Gasteiger partial charge in [-0.1, -0.05) is 23.3 Å². The van der Waals surface area contributed by atoms with Gasteiger partial charge in [-0.15, -0.1) is 6.58 Å². The number of nitrogens with two attached hydrogens (primary N) is 1. The van der Waals surface area contributed by atoms with E-state index in [0.717, 1.165) is 11.1 Å². The minimum absolute atomic E-state index is 0.270. The first kappa shape index (κ1) is 12.9. The number of sulfone groups is 1. The summed E-state index contributed by atoms with van der Waals surface area (Å²) in [7, 11) is -3.43. The van der Waals surface area contributed by atoms with Crippen molar-refractivity contribution in [2.75, 3.05) is 0 Å². The molecule has 0 aliphatic rings. The number of rotatable bonds is 4. The summed E-state index contributed by atoms with van der Waals surface area (Å²) < 4.78 is 24.0. The van der Waals surface area contributed by atoms with E-state index in [1.54, 1.807) is 31.2 Å². The predicted octanol–water partition coefficient (Wildman–Crippen LogP) is 2.02. The highest BCUT2D eigenvalue weighted by atomic mass is 32.2. The van der Waals surface area contributed by atoms with Crippen LogP contribution in [-0.4, -0.2) is 13.8 Å². The zero-order chi connectivity index (χ0) is 12.3. The topological polar surface area (TPSA) is 60.2 Å². The van der Waals surface area contributed by atoms with Crippen LogP contribution in [0.5, 0.6) is 0 Å². The van der Waals surface area contributed by atoms with E-state index in [9.17, 15) is 8.42 Å². The van der Waals surface area contributed by atoms with Gasteiger partial charge in [-0.2, -0.15) is 0 Å². The van der Waals surface area contributed by atoms with Gasteiger partial charge >= 0.3 is 0 Å². The zero-order valence-corrected chi connectivity index (χ0v) is 10.4. The molecule has 1 rings (SSSR count). The van der Waals surface area contributed by atoms with Crippen molar-refractivity contribution in [3.63, 3.8) is 0 Å². The minimum atomic E-state index is -3.43. The lowest BCUT2D eigenvalue weighted by molar-refractivity contribution is 0.579. The monoisotopic (exact) mass is 239 g/mol. The molecule has 0 fully saturated rings. The Bertz CT molecular complexity index is 474. The maximum absolute atomic E-state index is 12.0. The van der Waals surface area contributed by atoms with Crippen LogP contribution in [0.25, 0.3) is 0 Å². The van der Waals surface area contributed by atoms with Crippen molar-refractivity contribution in [3.05, 3.63) is 42.0 Å². The molecule has 0 saturated carbocycles. The van der Waals surface area contributed by atoms with Crippen LogP contribution in [0.15, 0.2) is 41.3 Å². The molecular weight excluding hydrogens is 222 g/mol. The van der Waals surface area contributed by atoms with Crippen molar-refractivity contribution in [1.82, 2.24) is 0 Å². The van der Waals surface area contributed by atoms with Gasteiger partial charge in [0.25, 0.3) is 0 Å². The molecule has 0 bridgehead atoms. The second-order valence-corrected chi connectivity index (χ2v) is 6.22. The molecule has 88 valence electrons. The zero-order valence-electron chi connectivity index (χ0n) is 9.60. The number of hydrogen-bond acceptors (Lipinski definition) is 3. The van der Waals surface area contributed by atoms with Gasteiger partial charge in [-0.05, 0) is 32.4 Å². The lowest BCUT2D eigenvalue weighted by atomic mass is 10.2. The third-order valence-corrected chi connectivity index (χ3v) is 4.19. The first-order chi connectivity index (χ1) is 7.34. The van der Waals surface area contributed by atoms with E-state index in [1.807, 2.05) is 6.92 Å². The standard InChI is InChI=1S/C12H17NO2S/c1-9(2)8-12(13)16(14,15)11-6-4-10(3)5-7-11/h4-7,12H,1,8,13H2,2-3H3. The predicted molar refractivity (Wildman–Crippen MR) is 65.8 cm³/mol. The van der Waals surface area contributed by atoms with Gasteiger partial charge in [0.1, 0.15) is 5.37 Å². The van der Waals surface area contributed by atoms with Crippen LogP contribution in [0.2, 0.25) is 0 Å². The van der Waals surface area contributed by atoms with E-state index >= 15 is 0 Å². The van der Waals surface area contributed by atoms with E-state index in [4.69, 9.17) is 5.73 Å². The van der Waals surface area contributed by atoms with Crippen LogP contribution in [0.4, 0.5) is 0 Å². The molecule has 1 atom stereocenters. The van der Waals surface area contributed by atoms with Gasteiger partial charge in [0.2, 0.25) is 0 Å². The number of hydrogen-bond donors (Lipinski definition) is 1. The summed E-state index contributed by atoms with van der Waals surface area (Å²) in [6.45, 7) is 7.35. The fourth-order valence-electron chi connectivity index (χ4n) is 1.36. The Morgan fingerprint density at radius 1 is 1.38 bits per heavy atom. The van der Waals surface area contributed by atoms with Crippen LogP contribution < -0.4 is 5.73 Å². The Morgan fingerprint density at radius 2 is 1.88 bits per heavy atom. The summed E-state index contributed by atoms with van der Waals surface area (Å²) in [6.07, 6.45) is 0.288. The summed E-state index contributed by atoms with van der Waals surface area (Å²) in [6, 6.07) is 6.70. The quantitative estimate of drug-likeness (QED) is 0.818. The van der Waals surface area contributed by atoms with Gasteiger partial charge in [0.15, 0.2) is 9.84 Å². The molecule has 1 aromatic rings. The highest BCUT2D eigenvalue weighted by molar-refractivity contribution is 7.92. The first-order valence-corrected chi connectivity index (χ1v) is 6.59. The maximum atomic E-state index is 12.0. The molecule has 4 heteroatoms. The van der Waals surface area contributed by atoms with Crippen LogP contribution in [0, 0.1) is 6.92 Å². The summed E-state index contributed by atoms with van der Waals surface area (Å²) in [5.41, 5.74) is 7.46. The summed E-state index contributed by atoms with van der Waals surface area (Å²) in [5, 5.41) is -0.910. The van der Waals surface area contributed by atoms with Gasteiger partial charge in [-0.3, -0.25) is 0 Å². The highest BCUT2D eigenvalue weighted by Gasteiger charge is 2.23. The molecule has 2 N–H and O–H groups in total. The fraction of sp³-hybridized carbons (Fsp3) is 0.333. The van der Waals surface area contributed by atoms with Crippen LogP contribution in [0.1, 0.15) is 18.9 Å². The SMILES string of the molecule is C=C(C)CC(N)S(=O)(=O)c1ccc(C)cc1. The Hall–Kier alpha value is -1.13. The second-order valence-electron chi connectivity index (χ2n) is 4.06. The van der Waals surface area contributed by atoms with Crippen molar-refractivity contribution in [1.29, 1.82) is 0 Å². The van der Waals surface area contributed by atoms with Crippen molar-refractivity contribution in [2.24, 2.45) is 5.73 Å². The molecule has 0 radical (unpaired) electrons. The molecule has 0 aliphatic carbocycles. The molecular formula is C12H17NO2S. The summed E-state index contributed by atoms with van der Waals surface area (Å²) >= 11 is 0. The smallest absolute Gasteiger partial charge is 0.194 e. The molecule has 0 amide bonds. The van der Waals surface area contributed by atoms with E-state index in [2.05, 4.69) is 6.58 Å². The van der Waals surface area contributed by atoms with E-state index in [-0.39, 0.29) is 11.3 Å². The van der Waals surface area contributed by atoms with Crippen LogP contribution in [0.3, 0.4) is 0 Å². The average Bonchev–Trinajstić information content (AvgIpc) is 2.17. The molecule has 0 spiro atoms. The van der Waals surface area contributed by atoms with Crippen molar-refractivity contribution in [2.45, 2.75) is 30.5 Å². The molecule has 1 unspecified atom stereocenters. The lowest BCUT2D eigenvalue weighted by Gasteiger charge is -2.12. The fourth-order valence-corrected chi connectivity index (χ4v) is 2.72. The second kappa shape index (κ2) is 4.80. The molecule has 0 aromatic heterocycles. The third kappa shape index (κ3) is 2.93. The van der Waals surface area contributed by atoms with Crippen molar-refractivity contribution >= 4 is 9.84 Å². The normalized spacial score (nSPS) is 13.4. The Kier molecular flexibility index (Phi) is 3.88. The van der Waals surface area contributed by atoms with Gasteiger partial charge in [-0.25, -0.2) is 8.42 Å². The number of benzene rings is 1. The number of aryl methyl sites for hydroxylation is 1. The summed E-state index contributed by atoms with van der Waals surface area (Å²) in [4.78, 5) is 0.270. The average molecular weight is 239 g/mol. The molecule has 16 heavy (non-hydrogen) atoms. The maximum Gasteiger partial charge on any atom is 0.194 e.